The lowest BCUT2D eigenvalue weighted by atomic mass is 9.80. The van der Waals surface area contributed by atoms with Gasteiger partial charge in [-0.3, -0.25) is 0 Å². The van der Waals surface area contributed by atoms with Gasteiger partial charge in [0.2, 0.25) is 0 Å². The van der Waals surface area contributed by atoms with E-state index >= 15 is 0 Å². The lowest BCUT2D eigenvalue weighted by Gasteiger charge is -2.30. The van der Waals surface area contributed by atoms with Crippen molar-refractivity contribution in [1.82, 2.24) is 0 Å². The van der Waals surface area contributed by atoms with Crippen molar-refractivity contribution >= 4 is 17.1 Å². The molecule has 0 unspecified atom stereocenters. The first-order chi connectivity index (χ1) is 25.6. The van der Waals surface area contributed by atoms with Crippen molar-refractivity contribution in [3.05, 3.63) is 162 Å². The molecule has 260 valence electrons. The molecule has 9 rings (SSSR count). The highest BCUT2D eigenvalue weighted by Crippen LogP contribution is 2.54. The zero-order valence-electron chi connectivity index (χ0n) is 31.0. The molecule has 0 heterocycles. The van der Waals surface area contributed by atoms with Crippen LogP contribution in [0.4, 0.5) is 17.1 Å². The van der Waals surface area contributed by atoms with Crippen LogP contribution < -0.4 is 4.90 Å². The number of nitrogens with zero attached hydrogens (tertiary/aromatic N) is 1. The second-order valence-corrected chi connectivity index (χ2v) is 16.2. The Labute approximate surface area is 311 Å². The van der Waals surface area contributed by atoms with Gasteiger partial charge in [-0.2, -0.15) is 0 Å². The fourth-order valence-electron chi connectivity index (χ4n) is 9.87. The molecule has 0 atom stereocenters. The van der Waals surface area contributed by atoms with Crippen LogP contribution in [0.2, 0.25) is 0 Å². The quantitative estimate of drug-likeness (QED) is 0.163. The van der Waals surface area contributed by atoms with Gasteiger partial charge in [0, 0.05) is 22.5 Å². The summed E-state index contributed by atoms with van der Waals surface area (Å²) in [6, 6.07) is 53.2. The molecule has 3 aliphatic rings. The van der Waals surface area contributed by atoms with Crippen molar-refractivity contribution in [1.29, 1.82) is 0 Å². The van der Waals surface area contributed by atoms with Crippen LogP contribution in [0.15, 0.2) is 140 Å². The summed E-state index contributed by atoms with van der Waals surface area (Å²) in [5, 5.41) is 0. The van der Waals surface area contributed by atoms with E-state index in [1.165, 1.54) is 137 Å². The summed E-state index contributed by atoms with van der Waals surface area (Å²) in [7, 11) is 0. The zero-order chi connectivity index (χ0) is 35.1. The van der Waals surface area contributed by atoms with Crippen LogP contribution in [0.5, 0.6) is 0 Å². The first-order valence-electron chi connectivity index (χ1n) is 20.0. The van der Waals surface area contributed by atoms with E-state index in [0.717, 1.165) is 0 Å². The fraction of sp³-hybridized carbons (Fsp3) is 0.294. The Morgan fingerprint density at radius 1 is 0.442 bits per heavy atom. The second-order valence-electron chi connectivity index (χ2n) is 16.2. The summed E-state index contributed by atoms with van der Waals surface area (Å²) in [6.45, 7) is 4.82. The van der Waals surface area contributed by atoms with Crippen molar-refractivity contribution in [2.75, 3.05) is 4.90 Å². The fourth-order valence-corrected chi connectivity index (χ4v) is 9.87. The summed E-state index contributed by atoms with van der Waals surface area (Å²) in [5.41, 5.74) is 17.4. The van der Waals surface area contributed by atoms with Crippen molar-refractivity contribution in [3.63, 3.8) is 0 Å². The van der Waals surface area contributed by atoms with Crippen molar-refractivity contribution in [2.45, 2.75) is 95.3 Å². The van der Waals surface area contributed by atoms with Gasteiger partial charge >= 0.3 is 0 Å². The van der Waals surface area contributed by atoms with Crippen LogP contribution in [0, 0.1) is 0 Å². The van der Waals surface area contributed by atoms with Crippen molar-refractivity contribution in [2.24, 2.45) is 0 Å². The third kappa shape index (κ3) is 5.99. The molecule has 3 aliphatic carbocycles. The lowest BCUT2D eigenvalue weighted by Crippen LogP contribution is -2.17. The topological polar surface area (TPSA) is 3.24 Å². The minimum atomic E-state index is -0.123. The van der Waals surface area contributed by atoms with E-state index in [0.29, 0.717) is 11.8 Å². The number of anilines is 3. The smallest absolute Gasteiger partial charge is 0.0467 e. The number of fused-ring (bicyclic) bond motifs is 3. The molecule has 2 fully saturated rings. The van der Waals surface area contributed by atoms with Gasteiger partial charge in [-0.25, -0.2) is 0 Å². The predicted octanol–water partition coefficient (Wildman–Crippen LogP) is 14.9. The monoisotopic (exact) mass is 677 g/mol. The number of hydrogen-bond acceptors (Lipinski definition) is 1. The summed E-state index contributed by atoms with van der Waals surface area (Å²) >= 11 is 0. The average molecular weight is 678 g/mol. The first kappa shape index (κ1) is 33.0. The van der Waals surface area contributed by atoms with E-state index in [2.05, 4.69) is 158 Å². The van der Waals surface area contributed by atoms with E-state index in [9.17, 15) is 0 Å². The predicted molar refractivity (Wildman–Crippen MR) is 221 cm³/mol. The molecule has 0 aliphatic heterocycles. The summed E-state index contributed by atoms with van der Waals surface area (Å²) in [5.74, 6) is 1.31. The molecule has 0 bridgehead atoms. The Morgan fingerprint density at radius 3 is 1.69 bits per heavy atom. The Bertz CT molecular complexity index is 2160. The number of hydrogen-bond donors (Lipinski definition) is 0. The molecule has 0 N–H and O–H groups in total. The third-order valence-electron chi connectivity index (χ3n) is 12.7. The Balaban J connectivity index is 1.20. The summed E-state index contributed by atoms with van der Waals surface area (Å²) in [4.78, 5) is 2.53. The minimum absolute atomic E-state index is 0.123. The van der Waals surface area contributed by atoms with E-state index < -0.39 is 0 Å². The normalized spacial score (nSPS) is 17.0. The van der Waals surface area contributed by atoms with E-state index in [-0.39, 0.29) is 5.41 Å². The van der Waals surface area contributed by atoms with Crippen LogP contribution in [0.3, 0.4) is 0 Å². The summed E-state index contributed by atoms with van der Waals surface area (Å²) < 4.78 is 0. The molecule has 0 radical (unpaired) electrons. The molecule has 0 spiro atoms. The van der Waals surface area contributed by atoms with Gasteiger partial charge in [0.15, 0.2) is 0 Å². The zero-order valence-corrected chi connectivity index (χ0v) is 31.0. The first-order valence-corrected chi connectivity index (χ1v) is 20.0. The van der Waals surface area contributed by atoms with E-state index in [4.69, 9.17) is 0 Å². The van der Waals surface area contributed by atoms with Crippen LogP contribution in [0.25, 0.3) is 33.4 Å². The molecule has 1 nitrogen and oxygen atoms in total. The second kappa shape index (κ2) is 13.9. The Morgan fingerprint density at radius 2 is 1.02 bits per heavy atom. The van der Waals surface area contributed by atoms with Crippen LogP contribution >= 0.6 is 0 Å². The van der Waals surface area contributed by atoms with Gasteiger partial charge in [-0.05, 0) is 130 Å². The maximum atomic E-state index is 2.53. The molecule has 0 aromatic heterocycles. The molecule has 52 heavy (non-hydrogen) atoms. The van der Waals surface area contributed by atoms with Gasteiger partial charge in [-0.15, -0.1) is 0 Å². The van der Waals surface area contributed by atoms with Gasteiger partial charge in [0.25, 0.3) is 0 Å². The standard InChI is InChI=1S/C51H51N/c1-51(2)48-25-15-24-45(39-20-11-5-12-21-39)50(48)46-33-31-43(35-49(46)51)52(41-28-26-37(27-29-41)36-16-7-3-8-17-36)42-30-32-44(38-18-9-4-10-19-38)47(34-42)40-22-13-6-14-23-40/h5-6,11-15,20-36,38H,3-4,7-10,16-19H2,1-2H3. The van der Waals surface area contributed by atoms with Crippen LogP contribution in [-0.2, 0) is 5.41 Å². The van der Waals surface area contributed by atoms with Crippen molar-refractivity contribution < 1.29 is 0 Å². The van der Waals surface area contributed by atoms with Gasteiger partial charge in [-0.1, -0.05) is 156 Å². The molecule has 0 saturated heterocycles. The van der Waals surface area contributed by atoms with Crippen LogP contribution in [0.1, 0.15) is 112 Å². The highest BCUT2D eigenvalue weighted by Gasteiger charge is 2.37. The van der Waals surface area contributed by atoms with E-state index in [1.54, 1.807) is 0 Å². The molecular formula is C51H51N. The Hall–Kier alpha value is -4.88. The number of rotatable bonds is 7. The Kier molecular flexibility index (Phi) is 8.83. The molecule has 2 saturated carbocycles. The van der Waals surface area contributed by atoms with Gasteiger partial charge < -0.3 is 4.90 Å². The molecular weight excluding hydrogens is 627 g/mol. The minimum Gasteiger partial charge on any atom is -0.310 e. The number of benzene rings is 6. The maximum absolute atomic E-state index is 2.53. The highest BCUT2D eigenvalue weighted by molar-refractivity contribution is 5.94. The third-order valence-corrected chi connectivity index (χ3v) is 12.7. The maximum Gasteiger partial charge on any atom is 0.0467 e. The average Bonchev–Trinajstić information content (AvgIpc) is 3.45. The largest absolute Gasteiger partial charge is 0.310 e. The molecule has 1 heteroatoms. The molecule has 6 aromatic carbocycles. The lowest BCUT2D eigenvalue weighted by molar-refractivity contribution is 0.443. The van der Waals surface area contributed by atoms with Crippen LogP contribution in [-0.4, -0.2) is 0 Å². The van der Waals surface area contributed by atoms with E-state index in [1.807, 2.05) is 0 Å². The van der Waals surface area contributed by atoms with Gasteiger partial charge in [0.05, 0.1) is 0 Å². The SMILES string of the molecule is CC1(C)c2cc(N(c3ccc(C4CCCCC4)cc3)c3ccc(C4CCCCC4)c(-c4ccccc4)c3)ccc2-c2c(-c3ccccc3)cccc21. The molecule has 6 aromatic rings. The van der Waals surface area contributed by atoms with Gasteiger partial charge in [0.1, 0.15) is 0 Å². The summed E-state index contributed by atoms with van der Waals surface area (Å²) in [6.07, 6.45) is 13.3. The highest BCUT2D eigenvalue weighted by atomic mass is 15.1. The molecule has 0 amide bonds. The van der Waals surface area contributed by atoms with Crippen molar-refractivity contribution in [3.8, 4) is 33.4 Å².